The van der Waals surface area contributed by atoms with Crippen LogP contribution in [0.15, 0.2) is 48.5 Å². The quantitative estimate of drug-likeness (QED) is 0.690. The molecule has 2 unspecified atom stereocenters. The topological polar surface area (TPSA) is 56.6 Å². The van der Waals surface area contributed by atoms with Crippen molar-refractivity contribution in [1.29, 1.82) is 5.26 Å². The predicted molar refractivity (Wildman–Crippen MR) is 131 cm³/mol. The second-order valence-corrected chi connectivity index (χ2v) is 11.9. The number of fused-ring (bicyclic) bond motifs is 1. The van der Waals surface area contributed by atoms with Crippen molar-refractivity contribution in [3.63, 3.8) is 0 Å². The van der Waals surface area contributed by atoms with E-state index in [2.05, 4.69) is 28.0 Å². The Labute approximate surface area is 206 Å². The van der Waals surface area contributed by atoms with Crippen LogP contribution < -0.4 is 0 Å². The van der Waals surface area contributed by atoms with Crippen LogP contribution in [0.4, 0.5) is 0 Å². The highest BCUT2D eigenvalue weighted by Crippen LogP contribution is 2.69. The third-order valence-corrected chi connectivity index (χ3v) is 10.5. The zero-order chi connectivity index (χ0) is 23.4. The molecule has 0 spiro atoms. The molecule has 178 valence electrons. The van der Waals surface area contributed by atoms with Crippen LogP contribution in [-0.4, -0.2) is 59.1 Å². The number of likely N-dealkylation sites (tertiary alicyclic amines) is 2. The molecule has 0 aromatic heterocycles. The third-order valence-electron chi connectivity index (χ3n) is 10.5. The van der Waals surface area contributed by atoms with E-state index in [-0.39, 0.29) is 29.1 Å². The molecule has 2 aromatic carbocycles. The van der Waals surface area contributed by atoms with E-state index in [4.69, 9.17) is 4.74 Å². The normalized spacial score (nSPS) is 38.5. The van der Waals surface area contributed by atoms with E-state index in [0.717, 1.165) is 49.3 Å². The number of piperidine rings is 1. The third kappa shape index (κ3) is 2.52. The van der Waals surface area contributed by atoms with Crippen molar-refractivity contribution in [2.24, 2.45) is 11.8 Å². The molecule has 2 saturated carbocycles. The number of benzene rings is 2. The number of carbonyl (C=O) groups is 1. The van der Waals surface area contributed by atoms with Gasteiger partial charge >= 0.3 is 0 Å². The second-order valence-electron chi connectivity index (χ2n) is 11.9. The van der Waals surface area contributed by atoms with Crippen LogP contribution in [-0.2, 0) is 16.6 Å². The summed E-state index contributed by atoms with van der Waals surface area (Å²) in [7, 11) is 0. The molecule has 2 aromatic rings. The minimum absolute atomic E-state index is 0.0789. The molecule has 5 nitrogen and oxygen atoms in total. The fourth-order valence-corrected chi connectivity index (χ4v) is 9.08. The zero-order valence-corrected chi connectivity index (χ0v) is 20.0. The second kappa shape index (κ2) is 6.96. The lowest BCUT2D eigenvalue weighted by Crippen LogP contribution is -2.74. The van der Waals surface area contributed by atoms with Gasteiger partial charge < -0.3 is 9.64 Å². The molecule has 0 radical (unpaired) electrons. The lowest BCUT2D eigenvalue weighted by molar-refractivity contribution is -0.171. The predicted octanol–water partition coefficient (Wildman–Crippen LogP) is 3.91. The average Bonchev–Trinajstić information content (AvgIpc) is 3.59. The monoisotopic (exact) mass is 465 g/mol. The van der Waals surface area contributed by atoms with Gasteiger partial charge in [-0.3, -0.25) is 9.69 Å². The molecule has 3 saturated heterocycles. The maximum absolute atomic E-state index is 13.6. The molecule has 35 heavy (non-hydrogen) atoms. The van der Waals surface area contributed by atoms with Crippen molar-refractivity contribution in [3.8, 4) is 6.07 Å². The summed E-state index contributed by atoms with van der Waals surface area (Å²) < 4.78 is 7.29. The van der Waals surface area contributed by atoms with Crippen molar-refractivity contribution in [2.75, 3.05) is 19.6 Å². The van der Waals surface area contributed by atoms with Crippen molar-refractivity contribution < 1.29 is 9.53 Å². The fraction of sp³-hybridized carbons (Fsp3) is 0.533. The molecule has 8 rings (SSSR count). The highest BCUT2D eigenvalue weighted by atomic mass is 16.5. The van der Waals surface area contributed by atoms with Crippen LogP contribution in [0.1, 0.15) is 59.2 Å². The summed E-state index contributed by atoms with van der Waals surface area (Å²) >= 11 is 0. The first-order chi connectivity index (χ1) is 17.1. The van der Waals surface area contributed by atoms with Crippen LogP contribution >= 0.6 is 0 Å². The minimum Gasteiger partial charge on any atom is -0.367 e. The summed E-state index contributed by atoms with van der Waals surface area (Å²) in [5.74, 6) is 1.31. The van der Waals surface area contributed by atoms with E-state index in [1.807, 2.05) is 36.4 Å². The van der Waals surface area contributed by atoms with Gasteiger partial charge in [0, 0.05) is 42.1 Å². The molecular weight excluding hydrogens is 434 g/mol. The number of nitriles is 1. The molecule has 5 heteroatoms. The largest absolute Gasteiger partial charge is 0.367 e. The summed E-state index contributed by atoms with van der Waals surface area (Å²) in [6.45, 7) is 3.00. The van der Waals surface area contributed by atoms with E-state index in [1.54, 1.807) is 0 Å². The number of nitrogens with zero attached hydrogens (tertiary/aromatic N) is 3. The van der Waals surface area contributed by atoms with Crippen molar-refractivity contribution in [3.05, 3.63) is 70.8 Å². The molecular formula is C30H31N3O2. The molecule has 6 atom stereocenters. The summed E-state index contributed by atoms with van der Waals surface area (Å²) in [5, 5.41) is 9.77. The standard InChI is InChI=1S/C30H31N3O2/c31-16-20-8-9-22-15-26-30-11-10-24-27(25(35-30)18-33(24)28(34)21-4-2-1-3-5-21)29(30,23(22)14-20)12-13-32(26)17-19-6-7-19/h1-5,8-9,14,19,24-27H,6-7,10-13,15,17-18H2/t24?,25-,26-,27?,29+,30-/m1/s1. The lowest BCUT2D eigenvalue weighted by atomic mass is 9.46. The number of ether oxygens (including phenoxy) is 1. The highest BCUT2D eigenvalue weighted by Gasteiger charge is 2.78. The summed E-state index contributed by atoms with van der Waals surface area (Å²) in [6, 6.07) is 19.2. The number of carbonyl (C=O) groups excluding carboxylic acids is 1. The van der Waals surface area contributed by atoms with Gasteiger partial charge in [-0.05, 0) is 86.4 Å². The van der Waals surface area contributed by atoms with Crippen molar-refractivity contribution in [1.82, 2.24) is 9.80 Å². The zero-order valence-electron chi connectivity index (χ0n) is 20.0. The molecule has 0 N–H and O–H groups in total. The first-order valence-electron chi connectivity index (χ1n) is 13.5. The Balaban J connectivity index is 1.26. The van der Waals surface area contributed by atoms with Gasteiger partial charge in [0.25, 0.3) is 5.91 Å². The summed E-state index contributed by atoms with van der Waals surface area (Å²) in [6.07, 6.45) is 6.93. The first-order valence-corrected chi connectivity index (χ1v) is 13.5. The van der Waals surface area contributed by atoms with Crippen LogP contribution in [0.3, 0.4) is 0 Å². The van der Waals surface area contributed by atoms with Gasteiger partial charge in [-0.1, -0.05) is 24.3 Å². The van der Waals surface area contributed by atoms with Crippen LogP contribution in [0, 0.1) is 23.2 Å². The maximum atomic E-state index is 13.6. The Hall–Kier alpha value is -2.68. The van der Waals surface area contributed by atoms with E-state index < -0.39 is 0 Å². The molecule has 3 aliphatic carbocycles. The van der Waals surface area contributed by atoms with Gasteiger partial charge in [-0.15, -0.1) is 0 Å². The molecule has 1 amide bonds. The Morgan fingerprint density at radius 2 is 1.97 bits per heavy atom. The van der Waals surface area contributed by atoms with Crippen molar-refractivity contribution >= 4 is 5.91 Å². The van der Waals surface area contributed by atoms with Crippen LogP contribution in [0.2, 0.25) is 0 Å². The van der Waals surface area contributed by atoms with E-state index in [9.17, 15) is 10.1 Å². The van der Waals surface area contributed by atoms with Crippen LogP contribution in [0.25, 0.3) is 0 Å². The summed E-state index contributed by atoms with van der Waals surface area (Å²) in [5.41, 5.74) is 4.01. The summed E-state index contributed by atoms with van der Waals surface area (Å²) in [4.78, 5) is 18.5. The molecule has 3 aliphatic heterocycles. The van der Waals surface area contributed by atoms with Gasteiger partial charge in [-0.25, -0.2) is 0 Å². The number of hydrogen-bond donors (Lipinski definition) is 0. The van der Waals surface area contributed by atoms with E-state index in [1.165, 1.54) is 30.5 Å². The molecule has 6 aliphatic rings. The van der Waals surface area contributed by atoms with Gasteiger partial charge in [-0.2, -0.15) is 5.26 Å². The lowest BCUT2D eigenvalue weighted by Gasteiger charge is -2.64. The van der Waals surface area contributed by atoms with Crippen LogP contribution in [0.5, 0.6) is 0 Å². The molecule has 5 fully saturated rings. The Morgan fingerprint density at radius 1 is 1.11 bits per heavy atom. The molecule has 3 heterocycles. The Morgan fingerprint density at radius 3 is 2.77 bits per heavy atom. The SMILES string of the molecule is N#Cc1ccc2c(c1)[C@]13CCN(CC4CC4)[C@H](C2)[C@]12CCC1C3[C@@H](CN1C(=O)c1ccccc1)O2. The average molecular weight is 466 g/mol. The number of hydrogen-bond acceptors (Lipinski definition) is 4. The number of amides is 1. The number of rotatable bonds is 3. The van der Waals surface area contributed by atoms with Gasteiger partial charge in [0.2, 0.25) is 0 Å². The van der Waals surface area contributed by atoms with Crippen molar-refractivity contribution in [2.45, 2.75) is 67.7 Å². The van der Waals surface area contributed by atoms with E-state index >= 15 is 0 Å². The minimum atomic E-state index is -0.186. The van der Waals surface area contributed by atoms with Gasteiger partial charge in [0.1, 0.15) is 0 Å². The smallest absolute Gasteiger partial charge is 0.254 e. The first kappa shape index (κ1) is 20.5. The molecule has 4 bridgehead atoms. The van der Waals surface area contributed by atoms with E-state index in [0.29, 0.717) is 18.5 Å². The van der Waals surface area contributed by atoms with Gasteiger partial charge in [0.15, 0.2) is 0 Å². The Kier molecular flexibility index (Phi) is 4.08. The van der Waals surface area contributed by atoms with Gasteiger partial charge in [0.05, 0.1) is 23.3 Å². The fourth-order valence-electron chi connectivity index (χ4n) is 9.08. The highest BCUT2D eigenvalue weighted by molar-refractivity contribution is 5.94. The maximum Gasteiger partial charge on any atom is 0.254 e. The Bertz CT molecular complexity index is 1270.